The molecule has 112 valence electrons. The molecule has 21 heavy (non-hydrogen) atoms. The number of anilines is 1. The van der Waals surface area contributed by atoms with Crippen LogP contribution in [0.4, 0.5) is 5.69 Å². The average Bonchev–Trinajstić information content (AvgIpc) is 2.83. The first-order chi connectivity index (χ1) is 9.72. The molecule has 0 radical (unpaired) electrons. The maximum atomic E-state index is 12.3. The first kappa shape index (κ1) is 16.9. The van der Waals surface area contributed by atoms with E-state index in [1.807, 2.05) is 0 Å². The van der Waals surface area contributed by atoms with Crippen LogP contribution < -0.4 is 4.72 Å². The number of carboxylic acid groups (broad SMARTS) is 1. The molecule has 11 heteroatoms. The molecule has 0 fully saturated rings. The Morgan fingerprint density at radius 2 is 1.81 bits per heavy atom. The summed E-state index contributed by atoms with van der Waals surface area (Å²) in [6.07, 6.45) is 0. The fourth-order valence-electron chi connectivity index (χ4n) is 1.39. The zero-order valence-electron chi connectivity index (χ0n) is 9.80. The second-order valence-electron chi connectivity index (χ2n) is 3.64. The van der Waals surface area contributed by atoms with Crippen LogP contribution >= 0.6 is 59.1 Å². The van der Waals surface area contributed by atoms with E-state index in [0.29, 0.717) is 8.95 Å². The Morgan fingerprint density at radius 1 is 1.24 bits per heavy atom. The molecule has 0 atom stereocenters. The number of halogens is 3. The van der Waals surface area contributed by atoms with Crippen LogP contribution in [0.3, 0.4) is 0 Å². The molecule has 1 aromatic carbocycles. The Bertz CT molecular complexity index is 796. The highest BCUT2D eigenvalue weighted by Crippen LogP contribution is 2.36. The van der Waals surface area contributed by atoms with Crippen molar-refractivity contribution in [2.75, 3.05) is 4.72 Å². The van der Waals surface area contributed by atoms with Crippen LogP contribution in [0, 0.1) is 0 Å². The van der Waals surface area contributed by atoms with Gasteiger partial charge in [0.25, 0.3) is 10.0 Å². The molecule has 0 saturated heterocycles. The van der Waals surface area contributed by atoms with E-state index in [1.54, 1.807) is 12.1 Å². The molecule has 0 aliphatic carbocycles. The first-order valence-corrected chi connectivity index (χ1v) is 9.80. The monoisotopic (exact) mass is 518 g/mol. The Balaban J connectivity index is 2.48. The summed E-state index contributed by atoms with van der Waals surface area (Å²) in [6.45, 7) is 0. The van der Waals surface area contributed by atoms with Gasteiger partial charge in [-0.15, -0.1) is 11.3 Å². The molecular weight excluding hydrogens is 516 g/mol. The number of rotatable bonds is 4. The summed E-state index contributed by atoms with van der Waals surface area (Å²) in [5.74, 6) is -1.40. The maximum absolute atomic E-state index is 12.3. The summed E-state index contributed by atoms with van der Waals surface area (Å²) in [7, 11) is -4.05. The smallest absolute Gasteiger partial charge is 0.356 e. The molecule has 2 rings (SSSR count). The third-order valence-corrected chi connectivity index (χ3v) is 6.65. The number of nitrogens with zero attached hydrogens (tertiary/aromatic N) is 1. The zero-order valence-corrected chi connectivity index (χ0v) is 16.2. The van der Waals surface area contributed by atoms with Crippen molar-refractivity contribution in [1.29, 1.82) is 0 Å². The molecular formula is C10H5Br3N2O4S2. The molecule has 0 aliphatic rings. The van der Waals surface area contributed by atoms with Crippen molar-refractivity contribution in [1.82, 2.24) is 4.98 Å². The minimum absolute atomic E-state index is 0.267. The van der Waals surface area contributed by atoms with E-state index in [1.165, 1.54) is 5.51 Å². The highest BCUT2D eigenvalue weighted by atomic mass is 79.9. The highest BCUT2D eigenvalue weighted by Gasteiger charge is 2.27. The van der Waals surface area contributed by atoms with E-state index in [-0.39, 0.29) is 9.90 Å². The van der Waals surface area contributed by atoms with E-state index in [0.717, 1.165) is 15.8 Å². The largest absolute Gasteiger partial charge is 0.476 e. The van der Waals surface area contributed by atoms with Crippen molar-refractivity contribution in [3.05, 3.63) is 36.8 Å². The predicted molar refractivity (Wildman–Crippen MR) is 89.4 cm³/mol. The van der Waals surface area contributed by atoms with Gasteiger partial charge in [-0.25, -0.2) is 18.2 Å². The normalized spacial score (nSPS) is 11.4. The van der Waals surface area contributed by atoms with Crippen molar-refractivity contribution in [2.45, 2.75) is 4.21 Å². The van der Waals surface area contributed by atoms with Gasteiger partial charge < -0.3 is 5.11 Å². The molecule has 0 spiro atoms. The lowest BCUT2D eigenvalue weighted by molar-refractivity contribution is 0.0687. The third-order valence-electron chi connectivity index (χ3n) is 2.22. The van der Waals surface area contributed by atoms with Crippen LogP contribution in [-0.2, 0) is 10.0 Å². The van der Waals surface area contributed by atoms with Crippen molar-refractivity contribution < 1.29 is 18.3 Å². The van der Waals surface area contributed by atoms with Crippen LogP contribution in [0.15, 0.2) is 35.3 Å². The van der Waals surface area contributed by atoms with Crippen molar-refractivity contribution >= 4 is 80.8 Å². The fraction of sp³-hybridized carbons (Fsp3) is 0. The molecule has 0 bridgehead atoms. The van der Waals surface area contributed by atoms with Gasteiger partial charge in [-0.2, -0.15) is 0 Å². The average molecular weight is 521 g/mol. The summed E-state index contributed by atoms with van der Waals surface area (Å²) in [6, 6.07) is 3.32. The summed E-state index contributed by atoms with van der Waals surface area (Å²) >= 11 is 10.5. The van der Waals surface area contributed by atoms with Gasteiger partial charge in [-0.05, 0) is 44.0 Å². The number of nitrogens with one attached hydrogen (secondary N) is 1. The Labute approximate surface area is 149 Å². The van der Waals surface area contributed by atoms with Crippen LogP contribution in [0.2, 0.25) is 0 Å². The van der Waals surface area contributed by atoms with Gasteiger partial charge in [-0.3, -0.25) is 4.72 Å². The molecule has 6 nitrogen and oxygen atoms in total. The number of carboxylic acids is 1. The summed E-state index contributed by atoms with van der Waals surface area (Å²) in [5.41, 5.74) is 0.934. The number of hydrogen-bond donors (Lipinski definition) is 2. The Hall–Kier alpha value is -0.490. The lowest BCUT2D eigenvalue weighted by atomic mass is 10.3. The van der Waals surface area contributed by atoms with Crippen LogP contribution in [0.5, 0.6) is 0 Å². The molecule has 0 amide bonds. The number of sulfonamides is 1. The van der Waals surface area contributed by atoms with Gasteiger partial charge in [0.15, 0.2) is 9.90 Å². The molecule has 1 aromatic heterocycles. The zero-order chi connectivity index (χ0) is 15.8. The maximum Gasteiger partial charge on any atom is 0.356 e. The van der Waals surface area contributed by atoms with E-state index in [9.17, 15) is 13.2 Å². The Kier molecular flexibility index (Phi) is 5.08. The highest BCUT2D eigenvalue weighted by molar-refractivity contribution is 9.11. The minimum Gasteiger partial charge on any atom is -0.476 e. The number of aromatic nitrogens is 1. The Morgan fingerprint density at radius 3 is 2.33 bits per heavy atom. The van der Waals surface area contributed by atoms with Crippen LogP contribution in [-0.4, -0.2) is 24.5 Å². The van der Waals surface area contributed by atoms with E-state index < -0.39 is 21.7 Å². The van der Waals surface area contributed by atoms with E-state index in [2.05, 4.69) is 57.5 Å². The molecule has 2 aromatic rings. The number of aromatic carboxylic acids is 1. The van der Waals surface area contributed by atoms with Gasteiger partial charge in [0, 0.05) is 13.4 Å². The lowest BCUT2D eigenvalue weighted by Gasteiger charge is -2.11. The van der Waals surface area contributed by atoms with Gasteiger partial charge >= 0.3 is 5.97 Å². The van der Waals surface area contributed by atoms with Crippen molar-refractivity contribution in [3.63, 3.8) is 0 Å². The lowest BCUT2D eigenvalue weighted by Crippen LogP contribution is -2.16. The second kappa shape index (κ2) is 6.32. The topological polar surface area (TPSA) is 96.4 Å². The van der Waals surface area contributed by atoms with Gasteiger partial charge in [0.05, 0.1) is 11.2 Å². The first-order valence-electron chi connectivity index (χ1n) is 5.06. The van der Waals surface area contributed by atoms with E-state index >= 15 is 0 Å². The molecule has 0 saturated carbocycles. The van der Waals surface area contributed by atoms with Crippen LogP contribution in [0.1, 0.15) is 10.5 Å². The third kappa shape index (κ3) is 3.65. The van der Waals surface area contributed by atoms with Crippen LogP contribution in [0.25, 0.3) is 0 Å². The van der Waals surface area contributed by atoms with Gasteiger partial charge in [0.1, 0.15) is 0 Å². The summed E-state index contributed by atoms with van der Waals surface area (Å²) in [4.78, 5) is 14.5. The standard InChI is InChI=1S/C10H5Br3N2O4S2/c11-4-1-5(12)7(6(13)2-4)15-21(18,19)10-8(9(16)17)14-3-20-10/h1-3,15H,(H,16,17). The fourth-order valence-corrected chi connectivity index (χ4v) is 6.35. The molecule has 1 heterocycles. The quantitative estimate of drug-likeness (QED) is 0.637. The second-order valence-corrected chi connectivity index (χ2v) is 9.00. The summed E-state index contributed by atoms with van der Waals surface area (Å²) < 4.78 is 28.4. The molecule has 0 unspecified atom stereocenters. The number of carbonyl (C=O) groups is 1. The van der Waals surface area contributed by atoms with Gasteiger partial charge in [0.2, 0.25) is 0 Å². The SMILES string of the molecule is O=C(O)c1ncsc1S(=O)(=O)Nc1c(Br)cc(Br)cc1Br. The van der Waals surface area contributed by atoms with Gasteiger partial charge in [-0.1, -0.05) is 15.9 Å². The number of hydrogen-bond acceptors (Lipinski definition) is 5. The summed E-state index contributed by atoms with van der Waals surface area (Å²) in [5, 5.41) is 8.96. The number of thiazole rings is 1. The minimum atomic E-state index is -4.05. The van der Waals surface area contributed by atoms with Crippen molar-refractivity contribution in [2.24, 2.45) is 0 Å². The van der Waals surface area contributed by atoms with Crippen molar-refractivity contribution in [3.8, 4) is 0 Å². The number of benzene rings is 1. The molecule has 2 N–H and O–H groups in total. The molecule has 0 aliphatic heterocycles. The predicted octanol–water partition coefficient (Wildman–Crippen LogP) is 3.93. The van der Waals surface area contributed by atoms with E-state index in [4.69, 9.17) is 5.11 Å².